The van der Waals surface area contributed by atoms with Crippen molar-refractivity contribution >= 4 is 10.8 Å². The normalized spacial score (nSPS) is 11.3. The summed E-state index contributed by atoms with van der Waals surface area (Å²) < 4.78 is 0. The minimum atomic E-state index is 0.647. The molecule has 2 heterocycles. The van der Waals surface area contributed by atoms with Gasteiger partial charge in [-0.2, -0.15) is 5.26 Å². The van der Waals surface area contributed by atoms with Crippen molar-refractivity contribution in [1.29, 1.82) is 5.26 Å². The molecule has 8 aromatic rings. The average molecular weight is 610 g/mol. The summed E-state index contributed by atoms with van der Waals surface area (Å²) in [5.41, 5.74) is 16.0. The van der Waals surface area contributed by atoms with Gasteiger partial charge >= 0.3 is 0 Å². The lowest BCUT2D eigenvalue weighted by molar-refractivity contribution is 1.32. The first-order chi connectivity index (χ1) is 23.7. The Kier molecular flexibility index (Phi) is 6.52. The molecule has 6 aromatic carbocycles. The highest BCUT2D eigenvalue weighted by Crippen LogP contribution is 2.52. The molecule has 1 aliphatic rings. The number of hydrogen-bond donors (Lipinski definition) is 0. The Labute approximate surface area is 279 Å². The molecule has 0 saturated heterocycles. The molecule has 48 heavy (non-hydrogen) atoms. The second-order valence-corrected chi connectivity index (χ2v) is 12.1. The zero-order valence-corrected chi connectivity index (χ0v) is 25.9. The summed E-state index contributed by atoms with van der Waals surface area (Å²) in [5, 5.41) is 11.9. The first kappa shape index (κ1) is 27.7. The van der Waals surface area contributed by atoms with Crippen LogP contribution in [0.2, 0.25) is 0 Å². The fourth-order valence-electron chi connectivity index (χ4n) is 7.03. The van der Waals surface area contributed by atoms with E-state index >= 15 is 0 Å². The van der Waals surface area contributed by atoms with Crippen LogP contribution in [0.25, 0.3) is 89.1 Å². The SMILES string of the molecule is N#Cc1ccc(-c2ccc3c4c(ccc(-c5cc(-c6ccc(-c7ccccn7)cc6)cc(-c6ccccc6)n5)c24)-c2ccccc2-3)cc1. The minimum absolute atomic E-state index is 0.647. The number of benzene rings is 6. The number of aromatic nitrogens is 2. The van der Waals surface area contributed by atoms with Crippen LogP contribution in [0.5, 0.6) is 0 Å². The minimum Gasteiger partial charge on any atom is -0.256 e. The summed E-state index contributed by atoms with van der Waals surface area (Å²) in [6, 6.07) is 57.2. The van der Waals surface area contributed by atoms with Crippen LogP contribution in [-0.2, 0) is 0 Å². The summed E-state index contributed by atoms with van der Waals surface area (Å²) >= 11 is 0. The second-order valence-electron chi connectivity index (χ2n) is 12.1. The monoisotopic (exact) mass is 609 g/mol. The number of fused-ring (bicyclic) bond motifs is 3. The van der Waals surface area contributed by atoms with Gasteiger partial charge in [-0.15, -0.1) is 0 Å². The third-order valence-corrected chi connectivity index (χ3v) is 9.34. The fraction of sp³-hybridized carbons (Fsp3) is 0. The third-order valence-electron chi connectivity index (χ3n) is 9.34. The molecule has 1 aliphatic carbocycles. The zero-order chi connectivity index (χ0) is 32.0. The van der Waals surface area contributed by atoms with Gasteiger partial charge in [0.1, 0.15) is 0 Å². The van der Waals surface area contributed by atoms with Gasteiger partial charge in [0, 0.05) is 28.3 Å². The van der Waals surface area contributed by atoms with Crippen LogP contribution in [0, 0.1) is 11.3 Å². The Bertz CT molecular complexity index is 2500. The van der Waals surface area contributed by atoms with Gasteiger partial charge in [0.2, 0.25) is 0 Å². The molecule has 0 radical (unpaired) electrons. The van der Waals surface area contributed by atoms with Crippen molar-refractivity contribution in [3.05, 3.63) is 169 Å². The summed E-state index contributed by atoms with van der Waals surface area (Å²) in [7, 11) is 0. The topological polar surface area (TPSA) is 49.6 Å². The van der Waals surface area contributed by atoms with E-state index in [-0.39, 0.29) is 0 Å². The number of pyridine rings is 2. The molecule has 0 fully saturated rings. The summed E-state index contributed by atoms with van der Waals surface area (Å²) in [5.74, 6) is 0. The molecule has 0 N–H and O–H groups in total. The Morgan fingerprint density at radius 2 is 0.938 bits per heavy atom. The van der Waals surface area contributed by atoms with Crippen LogP contribution in [0.3, 0.4) is 0 Å². The number of nitriles is 1. The van der Waals surface area contributed by atoms with Crippen molar-refractivity contribution in [1.82, 2.24) is 9.97 Å². The maximum Gasteiger partial charge on any atom is 0.0991 e. The highest BCUT2D eigenvalue weighted by atomic mass is 14.7. The first-order valence-corrected chi connectivity index (χ1v) is 16.0. The molecule has 0 aliphatic heterocycles. The van der Waals surface area contributed by atoms with Gasteiger partial charge in [-0.05, 0) is 86.3 Å². The Balaban J connectivity index is 1.30. The molecule has 0 bridgehead atoms. The molecule has 3 heteroatoms. The van der Waals surface area contributed by atoms with E-state index in [9.17, 15) is 5.26 Å². The van der Waals surface area contributed by atoms with Gasteiger partial charge in [0.25, 0.3) is 0 Å². The lowest BCUT2D eigenvalue weighted by Crippen LogP contribution is -1.94. The molecule has 222 valence electrons. The maximum atomic E-state index is 9.50. The van der Waals surface area contributed by atoms with Crippen molar-refractivity contribution in [2.75, 3.05) is 0 Å². The van der Waals surface area contributed by atoms with Gasteiger partial charge < -0.3 is 0 Å². The van der Waals surface area contributed by atoms with Crippen molar-refractivity contribution in [2.24, 2.45) is 0 Å². The highest BCUT2D eigenvalue weighted by Gasteiger charge is 2.25. The molecule has 0 spiro atoms. The summed E-state index contributed by atoms with van der Waals surface area (Å²) in [6.45, 7) is 0. The van der Waals surface area contributed by atoms with E-state index in [1.165, 1.54) is 33.0 Å². The Morgan fingerprint density at radius 3 is 1.62 bits per heavy atom. The maximum absolute atomic E-state index is 9.50. The molecule has 0 unspecified atom stereocenters. The van der Waals surface area contributed by atoms with E-state index < -0.39 is 0 Å². The smallest absolute Gasteiger partial charge is 0.0991 e. The van der Waals surface area contributed by atoms with Crippen molar-refractivity contribution in [3.8, 4) is 84.3 Å². The van der Waals surface area contributed by atoms with Gasteiger partial charge in [-0.25, -0.2) is 4.98 Å². The Morgan fingerprint density at radius 1 is 0.375 bits per heavy atom. The van der Waals surface area contributed by atoms with E-state index in [4.69, 9.17) is 4.98 Å². The lowest BCUT2D eigenvalue weighted by atomic mass is 9.89. The number of nitrogens with zero attached hydrogens (tertiary/aromatic N) is 3. The molecule has 3 nitrogen and oxygen atoms in total. The quantitative estimate of drug-likeness (QED) is 0.195. The van der Waals surface area contributed by atoms with E-state index in [1.807, 2.05) is 42.6 Å². The molecular formula is C45H27N3. The van der Waals surface area contributed by atoms with Crippen LogP contribution in [0.15, 0.2) is 164 Å². The van der Waals surface area contributed by atoms with Crippen molar-refractivity contribution in [3.63, 3.8) is 0 Å². The van der Waals surface area contributed by atoms with E-state index in [0.29, 0.717) is 5.56 Å². The van der Waals surface area contributed by atoms with Crippen LogP contribution in [0.1, 0.15) is 5.56 Å². The van der Waals surface area contributed by atoms with Gasteiger partial charge in [-0.3, -0.25) is 4.98 Å². The largest absolute Gasteiger partial charge is 0.256 e. The Hall–Kier alpha value is -6.63. The molecule has 0 atom stereocenters. The van der Waals surface area contributed by atoms with Crippen molar-refractivity contribution in [2.45, 2.75) is 0 Å². The van der Waals surface area contributed by atoms with Crippen LogP contribution in [0.4, 0.5) is 0 Å². The standard InChI is InChI=1S/C45H27N3/c46-28-29-13-15-31(16-14-29)35-21-22-38-36-10-4-5-11-37(36)39-23-24-40(44(35)45(38)39)43-27-34(26-42(48-43)32-8-2-1-3-9-32)30-17-19-33(20-18-30)41-12-6-7-25-47-41/h1-27H. The molecule has 0 amide bonds. The summed E-state index contributed by atoms with van der Waals surface area (Å²) in [4.78, 5) is 9.89. The lowest BCUT2D eigenvalue weighted by Gasteiger charge is -2.16. The highest BCUT2D eigenvalue weighted by molar-refractivity contribution is 6.22. The zero-order valence-electron chi connectivity index (χ0n) is 25.9. The fourth-order valence-corrected chi connectivity index (χ4v) is 7.03. The van der Waals surface area contributed by atoms with Crippen LogP contribution in [-0.4, -0.2) is 9.97 Å². The van der Waals surface area contributed by atoms with Gasteiger partial charge in [0.05, 0.1) is 28.7 Å². The second kappa shape index (κ2) is 11.3. The number of rotatable bonds is 5. The molecule has 2 aromatic heterocycles. The van der Waals surface area contributed by atoms with E-state index in [1.54, 1.807) is 0 Å². The average Bonchev–Trinajstić information content (AvgIpc) is 3.50. The molecule has 9 rings (SSSR count). The van der Waals surface area contributed by atoms with Crippen LogP contribution >= 0.6 is 0 Å². The van der Waals surface area contributed by atoms with Gasteiger partial charge in [-0.1, -0.05) is 121 Å². The molecular weight excluding hydrogens is 583 g/mol. The van der Waals surface area contributed by atoms with Gasteiger partial charge in [0.15, 0.2) is 0 Å². The number of hydrogen-bond acceptors (Lipinski definition) is 3. The predicted molar refractivity (Wildman–Crippen MR) is 196 cm³/mol. The predicted octanol–water partition coefficient (Wildman–Crippen LogP) is 11.5. The van der Waals surface area contributed by atoms with Crippen molar-refractivity contribution < 1.29 is 0 Å². The first-order valence-electron chi connectivity index (χ1n) is 16.0. The summed E-state index contributed by atoms with van der Waals surface area (Å²) in [6.07, 6.45) is 1.83. The molecule has 0 saturated carbocycles. The van der Waals surface area contributed by atoms with E-state index in [2.05, 4.69) is 132 Å². The van der Waals surface area contributed by atoms with Crippen LogP contribution < -0.4 is 0 Å². The van der Waals surface area contributed by atoms with E-state index in [0.717, 1.165) is 56.0 Å². The third kappa shape index (κ3) is 4.59.